The summed E-state index contributed by atoms with van der Waals surface area (Å²) in [7, 11) is 2.74. The fourth-order valence-corrected chi connectivity index (χ4v) is 5.64. The molecule has 12 heteroatoms. The molecule has 1 aliphatic heterocycles. The summed E-state index contributed by atoms with van der Waals surface area (Å²) >= 11 is 1.57. The highest BCUT2D eigenvalue weighted by Gasteiger charge is 2.33. The molecule has 0 amide bonds. The Morgan fingerprint density at radius 1 is 1.07 bits per heavy atom. The number of carboxylic acid groups (broad SMARTS) is 1. The van der Waals surface area contributed by atoms with Gasteiger partial charge in [-0.3, -0.25) is 15.0 Å². The summed E-state index contributed by atoms with van der Waals surface area (Å²) in [6, 6.07) is 5.02. The molecule has 0 saturated heterocycles. The van der Waals surface area contributed by atoms with Crippen LogP contribution in [0.5, 0.6) is 23.0 Å². The normalized spacial score (nSPS) is 12.7. The number of amidine groups is 1. The fourth-order valence-electron chi connectivity index (χ4n) is 4.98. The average Bonchev–Trinajstić information content (AvgIpc) is 3.60. The molecule has 0 fully saturated rings. The number of hydrogen-bond donors (Lipinski definition) is 2. The minimum absolute atomic E-state index is 0.0338. The molecule has 0 radical (unpaired) electrons. The molecule has 4 rings (SSSR count). The second-order valence-corrected chi connectivity index (χ2v) is 12.4. The van der Waals surface area contributed by atoms with E-state index in [4.69, 9.17) is 29.5 Å². The second kappa shape index (κ2) is 14.1. The van der Waals surface area contributed by atoms with E-state index >= 15 is 4.39 Å². The Balaban J connectivity index is 1.60. The predicted octanol–water partition coefficient (Wildman–Crippen LogP) is 5.88. The van der Waals surface area contributed by atoms with E-state index in [2.05, 4.69) is 4.98 Å². The number of aliphatic carboxylic acids is 1. The highest BCUT2D eigenvalue weighted by Crippen LogP contribution is 2.41. The summed E-state index contributed by atoms with van der Waals surface area (Å²) in [4.78, 5) is 30.6. The van der Waals surface area contributed by atoms with Crippen LogP contribution in [0, 0.1) is 11.2 Å². The van der Waals surface area contributed by atoms with Gasteiger partial charge in [0, 0.05) is 42.1 Å². The Hall–Kier alpha value is -4.19. The number of rotatable bonds is 15. The lowest BCUT2D eigenvalue weighted by molar-refractivity contribution is -0.137. The molecule has 0 saturated carbocycles. The van der Waals surface area contributed by atoms with E-state index in [1.807, 2.05) is 26.2 Å². The largest absolute Gasteiger partial charge is 0.493 e. The Labute approximate surface area is 260 Å². The number of fused-ring (bicyclic) bond motifs is 1. The van der Waals surface area contributed by atoms with Crippen molar-refractivity contribution in [3.8, 4) is 23.0 Å². The number of carbonyl (C=O) groups excluding carboxylic acids is 1. The molecule has 2 aromatic carbocycles. The summed E-state index contributed by atoms with van der Waals surface area (Å²) in [5.41, 5.74) is 1.25. The van der Waals surface area contributed by atoms with E-state index in [0.717, 1.165) is 17.0 Å². The first kappa shape index (κ1) is 32.7. The van der Waals surface area contributed by atoms with Crippen LogP contribution in [0.2, 0.25) is 0 Å². The molecule has 2 heterocycles. The SMILES string of the molecule is COc1cc2c(c(F)c1OC)C(=N)N(CC(=O)c1cc(OCCCc3nccs3)c(OCCCC(=O)O)c(C(C)(C)C)c1)C2. The molecule has 10 nitrogen and oxygen atoms in total. The van der Waals surface area contributed by atoms with Gasteiger partial charge in [-0.1, -0.05) is 20.8 Å². The molecule has 236 valence electrons. The molecule has 0 aliphatic carbocycles. The van der Waals surface area contributed by atoms with Crippen LogP contribution in [-0.2, 0) is 23.2 Å². The summed E-state index contributed by atoms with van der Waals surface area (Å²) in [5.74, 6) is -1.01. The number of nitrogens with zero attached hydrogens (tertiary/aromatic N) is 2. The van der Waals surface area contributed by atoms with Gasteiger partial charge in [-0.15, -0.1) is 11.3 Å². The lowest BCUT2D eigenvalue weighted by atomic mass is 9.84. The molecule has 2 N–H and O–H groups in total. The van der Waals surface area contributed by atoms with Crippen molar-refractivity contribution in [1.82, 2.24) is 9.88 Å². The number of methoxy groups -OCH3 is 2. The molecule has 1 aromatic heterocycles. The van der Waals surface area contributed by atoms with E-state index in [0.29, 0.717) is 42.1 Å². The molecule has 44 heavy (non-hydrogen) atoms. The molecule has 3 aromatic rings. The lowest BCUT2D eigenvalue weighted by Gasteiger charge is -2.26. The Kier molecular flexibility index (Phi) is 10.5. The monoisotopic (exact) mass is 627 g/mol. The van der Waals surface area contributed by atoms with Gasteiger partial charge in [0.25, 0.3) is 0 Å². The lowest BCUT2D eigenvalue weighted by Crippen LogP contribution is -2.30. The van der Waals surface area contributed by atoms with Gasteiger partial charge >= 0.3 is 5.97 Å². The summed E-state index contributed by atoms with van der Waals surface area (Å²) < 4.78 is 38.0. The van der Waals surface area contributed by atoms with Crippen LogP contribution in [0.15, 0.2) is 29.8 Å². The number of nitrogens with one attached hydrogen (secondary N) is 1. The zero-order valence-electron chi connectivity index (χ0n) is 25.6. The van der Waals surface area contributed by atoms with Gasteiger partial charge in [-0.2, -0.15) is 0 Å². The zero-order chi connectivity index (χ0) is 32.0. The van der Waals surface area contributed by atoms with E-state index in [1.165, 1.54) is 19.1 Å². The van der Waals surface area contributed by atoms with Gasteiger partial charge in [-0.25, -0.2) is 9.37 Å². The van der Waals surface area contributed by atoms with Gasteiger partial charge in [-0.05, 0) is 42.0 Å². The number of ketones is 1. The number of hydrogen-bond acceptors (Lipinski definition) is 9. The van der Waals surface area contributed by atoms with Crippen molar-refractivity contribution >= 4 is 28.9 Å². The summed E-state index contributed by atoms with van der Waals surface area (Å²) in [5, 5.41) is 20.6. The first-order valence-electron chi connectivity index (χ1n) is 14.3. The third kappa shape index (κ3) is 7.47. The standard InChI is InChI=1S/C32H38FN3O7S/c1-32(2,3)21-14-19(22(37)18-36-17-20-16-23(40-4)30(41-5)28(33)27(20)31(36)34)15-24(29(21)43-12-7-9-26(38)39)42-11-6-8-25-35-10-13-44-25/h10,13-16,34H,6-9,11-12,17-18H2,1-5H3,(H,38,39). The highest BCUT2D eigenvalue weighted by atomic mass is 32.1. The van der Waals surface area contributed by atoms with E-state index in [9.17, 15) is 9.59 Å². The number of Topliss-reactive ketones (excluding diaryl/α,β-unsaturated/α-hetero) is 1. The molecular weight excluding hydrogens is 589 g/mol. The second-order valence-electron chi connectivity index (χ2n) is 11.4. The van der Waals surface area contributed by atoms with Crippen LogP contribution in [0.25, 0.3) is 0 Å². The number of ether oxygens (including phenoxy) is 4. The number of carbonyl (C=O) groups is 2. The fraction of sp³-hybridized carbons (Fsp3) is 0.438. The molecule has 0 spiro atoms. The van der Waals surface area contributed by atoms with Crippen molar-refractivity contribution in [2.24, 2.45) is 0 Å². The number of aromatic nitrogens is 1. The summed E-state index contributed by atoms with van der Waals surface area (Å²) in [6.45, 7) is 6.48. The van der Waals surface area contributed by atoms with Gasteiger partial charge in [0.2, 0.25) is 0 Å². The Bertz CT molecular complexity index is 1520. The topological polar surface area (TPSA) is 131 Å². The third-order valence-corrected chi connectivity index (χ3v) is 8.02. The first-order chi connectivity index (χ1) is 20.9. The van der Waals surface area contributed by atoms with E-state index < -0.39 is 17.2 Å². The van der Waals surface area contributed by atoms with Crippen molar-refractivity contribution in [3.05, 3.63) is 62.9 Å². The number of aryl methyl sites for hydroxylation is 1. The van der Waals surface area contributed by atoms with E-state index in [-0.39, 0.29) is 54.8 Å². The van der Waals surface area contributed by atoms with Crippen LogP contribution in [0.1, 0.15) is 72.1 Å². The van der Waals surface area contributed by atoms with Crippen molar-refractivity contribution in [2.75, 3.05) is 34.0 Å². The van der Waals surface area contributed by atoms with Crippen LogP contribution in [-0.4, -0.2) is 66.6 Å². The first-order valence-corrected chi connectivity index (χ1v) is 15.2. The maximum absolute atomic E-state index is 15.3. The number of thiazole rings is 1. The minimum Gasteiger partial charge on any atom is -0.493 e. The number of halogens is 1. The molecule has 0 bridgehead atoms. The average molecular weight is 628 g/mol. The molecule has 1 aliphatic rings. The number of carboxylic acids is 1. The van der Waals surface area contributed by atoms with Gasteiger partial charge in [0.1, 0.15) is 5.84 Å². The van der Waals surface area contributed by atoms with Crippen LogP contribution in [0.4, 0.5) is 4.39 Å². The maximum atomic E-state index is 15.3. The van der Waals surface area contributed by atoms with Gasteiger partial charge in [0.15, 0.2) is 34.6 Å². The van der Waals surface area contributed by atoms with Gasteiger partial charge in [0.05, 0.1) is 44.5 Å². The van der Waals surface area contributed by atoms with Crippen LogP contribution in [0.3, 0.4) is 0 Å². The molecule has 0 atom stereocenters. The van der Waals surface area contributed by atoms with E-state index in [1.54, 1.807) is 35.7 Å². The molecule has 0 unspecified atom stereocenters. The van der Waals surface area contributed by atoms with Crippen molar-refractivity contribution in [3.63, 3.8) is 0 Å². The van der Waals surface area contributed by atoms with Crippen molar-refractivity contribution in [1.29, 1.82) is 5.41 Å². The predicted molar refractivity (Wildman–Crippen MR) is 165 cm³/mol. The summed E-state index contributed by atoms with van der Waals surface area (Å²) in [6.07, 6.45) is 3.47. The third-order valence-electron chi connectivity index (χ3n) is 7.18. The van der Waals surface area contributed by atoms with Crippen LogP contribution < -0.4 is 18.9 Å². The number of benzene rings is 2. The Morgan fingerprint density at radius 2 is 1.82 bits per heavy atom. The zero-order valence-corrected chi connectivity index (χ0v) is 26.4. The minimum atomic E-state index is -0.907. The Morgan fingerprint density at radius 3 is 2.45 bits per heavy atom. The van der Waals surface area contributed by atoms with Crippen molar-refractivity contribution in [2.45, 2.75) is 58.4 Å². The van der Waals surface area contributed by atoms with Gasteiger partial charge < -0.3 is 29.0 Å². The van der Waals surface area contributed by atoms with Crippen LogP contribution >= 0.6 is 11.3 Å². The highest BCUT2D eigenvalue weighted by molar-refractivity contribution is 7.09. The maximum Gasteiger partial charge on any atom is 0.303 e. The smallest absolute Gasteiger partial charge is 0.303 e. The molecular formula is C32H38FN3O7S. The van der Waals surface area contributed by atoms with Crippen molar-refractivity contribution < 1.29 is 38.0 Å². The quantitative estimate of drug-likeness (QED) is 0.157.